The van der Waals surface area contributed by atoms with Gasteiger partial charge in [-0.15, -0.1) is 0 Å². The van der Waals surface area contributed by atoms with Crippen LogP contribution in [-0.4, -0.2) is 24.0 Å². The second-order valence-corrected chi connectivity index (χ2v) is 7.06. The van der Waals surface area contributed by atoms with E-state index in [0.29, 0.717) is 22.9 Å². The van der Waals surface area contributed by atoms with Crippen molar-refractivity contribution in [3.63, 3.8) is 0 Å². The van der Waals surface area contributed by atoms with Crippen molar-refractivity contribution in [1.82, 2.24) is 5.43 Å². The lowest BCUT2D eigenvalue weighted by Crippen LogP contribution is -2.32. The van der Waals surface area contributed by atoms with E-state index in [9.17, 15) is 27.6 Å². The zero-order valence-electron chi connectivity index (χ0n) is 17.7. The molecule has 34 heavy (non-hydrogen) atoms. The highest BCUT2D eigenvalue weighted by atomic mass is 19.4. The second-order valence-electron chi connectivity index (χ2n) is 7.06. The molecule has 3 aromatic carbocycles. The van der Waals surface area contributed by atoms with Crippen molar-refractivity contribution < 1.29 is 32.3 Å². The number of anilines is 1. The van der Waals surface area contributed by atoms with Crippen LogP contribution in [0.4, 0.5) is 18.9 Å². The molecular weight excluding hydrogens is 451 g/mol. The van der Waals surface area contributed by atoms with E-state index in [4.69, 9.17) is 4.74 Å². The van der Waals surface area contributed by atoms with Crippen molar-refractivity contribution >= 4 is 29.7 Å². The molecule has 0 fully saturated rings. The molecule has 7 nitrogen and oxygen atoms in total. The summed E-state index contributed by atoms with van der Waals surface area (Å²) in [7, 11) is 0. The maximum Gasteiger partial charge on any atom is 0.416 e. The van der Waals surface area contributed by atoms with E-state index in [0.717, 1.165) is 17.7 Å². The van der Waals surface area contributed by atoms with Gasteiger partial charge in [0.1, 0.15) is 5.75 Å². The lowest BCUT2D eigenvalue weighted by atomic mass is 10.1. The SMILES string of the molecule is Cc1ccc(C(=O)Oc2ccc(/C=N/NC(=O)C(=O)Nc3cccc(C(F)(F)F)c3)cc2)cc1. The highest BCUT2D eigenvalue weighted by Crippen LogP contribution is 2.30. The van der Waals surface area contributed by atoms with E-state index >= 15 is 0 Å². The predicted molar refractivity (Wildman–Crippen MR) is 118 cm³/mol. The fourth-order valence-corrected chi connectivity index (χ4v) is 2.65. The van der Waals surface area contributed by atoms with Crippen molar-refractivity contribution in [3.8, 4) is 5.75 Å². The van der Waals surface area contributed by atoms with Crippen LogP contribution in [0, 0.1) is 6.92 Å². The van der Waals surface area contributed by atoms with Crippen LogP contribution in [-0.2, 0) is 15.8 Å². The normalized spacial score (nSPS) is 11.2. The minimum absolute atomic E-state index is 0.185. The van der Waals surface area contributed by atoms with Crippen LogP contribution in [0.5, 0.6) is 5.75 Å². The number of benzene rings is 3. The first kappa shape index (κ1) is 24.2. The number of aryl methyl sites for hydroxylation is 1. The Labute approximate surface area is 192 Å². The quantitative estimate of drug-likeness (QED) is 0.191. The first-order valence-corrected chi connectivity index (χ1v) is 9.82. The standard InChI is InChI=1S/C24H18F3N3O4/c1-15-5-9-17(10-6-15)23(33)34-20-11-7-16(8-12-20)14-28-30-22(32)21(31)29-19-4-2-3-18(13-19)24(25,26)27/h2-14H,1H3,(H,29,31)(H,30,32)/b28-14+. The molecule has 3 rings (SSSR count). The van der Waals surface area contributed by atoms with Gasteiger partial charge in [0.15, 0.2) is 0 Å². The Morgan fingerprint density at radius 3 is 2.24 bits per heavy atom. The maximum atomic E-state index is 12.7. The molecule has 2 amide bonds. The molecule has 0 saturated heterocycles. The Morgan fingerprint density at radius 2 is 1.59 bits per heavy atom. The van der Waals surface area contributed by atoms with Gasteiger partial charge in [0.2, 0.25) is 0 Å². The van der Waals surface area contributed by atoms with Crippen molar-refractivity contribution in [2.24, 2.45) is 5.10 Å². The van der Waals surface area contributed by atoms with E-state index in [1.807, 2.05) is 12.3 Å². The van der Waals surface area contributed by atoms with Crippen LogP contribution in [0.1, 0.15) is 27.0 Å². The third kappa shape index (κ3) is 6.76. The summed E-state index contributed by atoms with van der Waals surface area (Å²) in [5.74, 6) is -2.57. The molecule has 0 aliphatic rings. The summed E-state index contributed by atoms with van der Waals surface area (Å²) in [5.41, 5.74) is 2.77. The molecule has 0 heterocycles. The van der Waals surface area contributed by atoms with E-state index in [1.54, 1.807) is 36.4 Å². The zero-order chi connectivity index (χ0) is 24.7. The van der Waals surface area contributed by atoms with Gasteiger partial charge in [-0.3, -0.25) is 9.59 Å². The molecule has 0 radical (unpaired) electrons. The lowest BCUT2D eigenvalue weighted by Gasteiger charge is -2.09. The molecule has 3 aromatic rings. The number of carbonyl (C=O) groups excluding carboxylic acids is 3. The van der Waals surface area contributed by atoms with Crippen LogP contribution in [0.2, 0.25) is 0 Å². The Morgan fingerprint density at radius 1 is 0.912 bits per heavy atom. The van der Waals surface area contributed by atoms with Gasteiger partial charge in [-0.2, -0.15) is 18.3 Å². The number of alkyl halides is 3. The molecule has 0 bridgehead atoms. The summed E-state index contributed by atoms with van der Waals surface area (Å²) < 4.78 is 43.5. The van der Waals surface area contributed by atoms with Crippen LogP contribution < -0.4 is 15.5 Å². The molecule has 174 valence electrons. The molecule has 0 atom stereocenters. The first-order chi connectivity index (χ1) is 16.1. The number of hydrogen-bond acceptors (Lipinski definition) is 5. The predicted octanol–water partition coefficient (Wildman–Crippen LogP) is 4.32. The summed E-state index contributed by atoms with van der Waals surface area (Å²) >= 11 is 0. The highest BCUT2D eigenvalue weighted by molar-refractivity contribution is 6.39. The summed E-state index contributed by atoms with van der Waals surface area (Å²) in [4.78, 5) is 35.8. The van der Waals surface area contributed by atoms with Gasteiger partial charge in [0.25, 0.3) is 0 Å². The molecule has 2 N–H and O–H groups in total. The Bertz CT molecular complexity index is 1220. The number of ether oxygens (including phenoxy) is 1. The van der Waals surface area contributed by atoms with Gasteiger partial charge >= 0.3 is 24.0 Å². The number of amides is 2. The zero-order valence-corrected chi connectivity index (χ0v) is 17.7. The number of hydrogen-bond donors (Lipinski definition) is 2. The number of esters is 1. The van der Waals surface area contributed by atoms with Crippen molar-refractivity contribution in [1.29, 1.82) is 0 Å². The van der Waals surface area contributed by atoms with E-state index in [-0.39, 0.29) is 5.69 Å². The highest BCUT2D eigenvalue weighted by Gasteiger charge is 2.30. The molecule has 0 spiro atoms. The van der Waals surface area contributed by atoms with Crippen LogP contribution in [0.3, 0.4) is 0 Å². The number of nitrogens with one attached hydrogen (secondary N) is 2. The average Bonchev–Trinajstić information content (AvgIpc) is 2.80. The van der Waals surface area contributed by atoms with Gasteiger partial charge in [-0.25, -0.2) is 10.2 Å². The lowest BCUT2D eigenvalue weighted by molar-refractivity contribution is -0.137. The van der Waals surface area contributed by atoms with Crippen LogP contribution >= 0.6 is 0 Å². The van der Waals surface area contributed by atoms with Gasteiger partial charge in [0, 0.05) is 5.69 Å². The molecule has 0 aliphatic heterocycles. The molecule has 0 aromatic heterocycles. The fourth-order valence-electron chi connectivity index (χ4n) is 2.65. The third-order valence-electron chi connectivity index (χ3n) is 4.41. The fraction of sp³-hybridized carbons (Fsp3) is 0.0833. The van der Waals surface area contributed by atoms with Gasteiger partial charge in [-0.1, -0.05) is 23.8 Å². The Kier molecular flexibility index (Phi) is 7.42. The topological polar surface area (TPSA) is 96.9 Å². The summed E-state index contributed by atoms with van der Waals surface area (Å²) in [5, 5.41) is 5.71. The minimum Gasteiger partial charge on any atom is -0.423 e. The number of rotatable bonds is 5. The first-order valence-electron chi connectivity index (χ1n) is 9.82. The van der Waals surface area contributed by atoms with E-state index < -0.39 is 29.5 Å². The average molecular weight is 469 g/mol. The Balaban J connectivity index is 1.51. The molecular formula is C24H18F3N3O4. The largest absolute Gasteiger partial charge is 0.423 e. The molecule has 10 heteroatoms. The number of carbonyl (C=O) groups is 3. The maximum absolute atomic E-state index is 12.7. The smallest absolute Gasteiger partial charge is 0.416 e. The monoisotopic (exact) mass is 469 g/mol. The third-order valence-corrected chi connectivity index (χ3v) is 4.41. The molecule has 0 saturated carbocycles. The van der Waals surface area contributed by atoms with E-state index in [2.05, 4.69) is 10.4 Å². The molecule has 0 unspecified atom stereocenters. The van der Waals surface area contributed by atoms with Crippen LogP contribution in [0.15, 0.2) is 77.9 Å². The number of hydrazone groups is 1. The second kappa shape index (κ2) is 10.4. The van der Waals surface area contributed by atoms with Crippen molar-refractivity contribution in [3.05, 3.63) is 95.1 Å². The van der Waals surface area contributed by atoms with E-state index in [1.165, 1.54) is 24.4 Å². The number of nitrogens with zero attached hydrogens (tertiary/aromatic N) is 1. The van der Waals surface area contributed by atoms with Crippen molar-refractivity contribution in [2.75, 3.05) is 5.32 Å². The van der Waals surface area contributed by atoms with Gasteiger partial charge in [0.05, 0.1) is 17.3 Å². The summed E-state index contributed by atoms with van der Waals surface area (Å²) in [6.07, 6.45) is -3.34. The van der Waals surface area contributed by atoms with Gasteiger partial charge < -0.3 is 10.1 Å². The minimum atomic E-state index is -4.58. The van der Waals surface area contributed by atoms with Crippen molar-refractivity contribution in [2.45, 2.75) is 13.1 Å². The van der Waals surface area contributed by atoms with Crippen LogP contribution in [0.25, 0.3) is 0 Å². The molecule has 0 aliphatic carbocycles. The summed E-state index contributed by atoms with van der Waals surface area (Å²) in [6, 6.07) is 17.0. The number of halogens is 3. The van der Waals surface area contributed by atoms with Gasteiger partial charge in [-0.05, 0) is 67.1 Å². The Hall–Kier alpha value is -4.47. The summed E-state index contributed by atoms with van der Waals surface area (Å²) in [6.45, 7) is 1.90.